The average Bonchev–Trinajstić information content (AvgIpc) is 2.21. The minimum Gasteiger partial charge on any atom is -0.504 e. The standard InChI is InChI=1S/C9H8BrF2NO3/c1-2-16-9(15)4-3-5(8(11)12)13-7(10)6(4)14/h3,8,14H,2H2,1H3. The average molecular weight is 296 g/mol. The molecule has 0 spiro atoms. The fourth-order valence-electron chi connectivity index (χ4n) is 1.00. The Morgan fingerprint density at radius 3 is 2.81 bits per heavy atom. The maximum Gasteiger partial charge on any atom is 0.342 e. The number of nitrogens with zero attached hydrogens (tertiary/aromatic N) is 1. The first-order valence-corrected chi connectivity index (χ1v) is 5.11. The molecule has 0 aliphatic carbocycles. The van der Waals surface area contributed by atoms with E-state index in [9.17, 15) is 18.7 Å². The van der Waals surface area contributed by atoms with Crippen LogP contribution in [0.25, 0.3) is 0 Å². The van der Waals surface area contributed by atoms with Crippen LogP contribution < -0.4 is 0 Å². The molecule has 1 aromatic heterocycles. The maximum absolute atomic E-state index is 12.4. The first-order valence-electron chi connectivity index (χ1n) is 4.32. The second-order valence-corrected chi connectivity index (χ2v) is 3.51. The molecule has 0 aliphatic rings. The molecule has 0 unspecified atom stereocenters. The topological polar surface area (TPSA) is 59.4 Å². The Morgan fingerprint density at radius 2 is 2.31 bits per heavy atom. The smallest absolute Gasteiger partial charge is 0.342 e. The lowest BCUT2D eigenvalue weighted by molar-refractivity contribution is 0.0522. The summed E-state index contributed by atoms with van der Waals surface area (Å²) in [4.78, 5) is 14.7. The van der Waals surface area contributed by atoms with Gasteiger partial charge in [-0.05, 0) is 28.9 Å². The van der Waals surface area contributed by atoms with Gasteiger partial charge in [0.2, 0.25) is 0 Å². The molecule has 0 aromatic carbocycles. The summed E-state index contributed by atoms with van der Waals surface area (Å²) in [6.07, 6.45) is -2.83. The molecule has 16 heavy (non-hydrogen) atoms. The predicted octanol–water partition coefficient (Wildman–Crippen LogP) is 2.66. The molecule has 0 fully saturated rings. The van der Waals surface area contributed by atoms with Crippen LogP contribution in [0.15, 0.2) is 10.7 Å². The van der Waals surface area contributed by atoms with Gasteiger partial charge in [-0.1, -0.05) is 0 Å². The highest BCUT2D eigenvalue weighted by molar-refractivity contribution is 9.10. The molecule has 1 aromatic rings. The summed E-state index contributed by atoms with van der Waals surface area (Å²) < 4.78 is 29.2. The molecule has 0 saturated carbocycles. The highest BCUT2D eigenvalue weighted by Crippen LogP contribution is 2.30. The number of aromatic hydroxyl groups is 1. The molecule has 1 heterocycles. The molecule has 88 valence electrons. The Hall–Kier alpha value is -1.24. The number of hydrogen-bond donors (Lipinski definition) is 1. The Morgan fingerprint density at radius 1 is 1.69 bits per heavy atom. The fourth-order valence-corrected chi connectivity index (χ4v) is 1.42. The second kappa shape index (κ2) is 5.20. The number of ether oxygens (including phenoxy) is 1. The summed E-state index contributed by atoms with van der Waals surface area (Å²) in [6, 6.07) is 0.808. The van der Waals surface area contributed by atoms with Gasteiger partial charge >= 0.3 is 5.97 Å². The molecule has 0 atom stereocenters. The van der Waals surface area contributed by atoms with Gasteiger partial charge in [0, 0.05) is 0 Å². The number of rotatable bonds is 3. The number of carbonyl (C=O) groups excluding carboxylic acids is 1. The SMILES string of the molecule is CCOC(=O)c1cc(C(F)F)nc(Br)c1O. The third-order valence-corrected chi connectivity index (χ3v) is 2.24. The van der Waals surface area contributed by atoms with E-state index in [2.05, 4.69) is 25.7 Å². The van der Waals surface area contributed by atoms with Crippen molar-refractivity contribution in [1.29, 1.82) is 0 Å². The summed E-state index contributed by atoms with van der Waals surface area (Å²) in [7, 11) is 0. The van der Waals surface area contributed by atoms with Gasteiger partial charge in [0.15, 0.2) is 5.75 Å². The van der Waals surface area contributed by atoms with E-state index in [0.29, 0.717) is 0 Å². The van der Waals surface area contributed by atoms with Crippen molar-refractivity contribution in [2.45, 2.75) is 13.3 Å². The van der Waals surface area contributed by atoms with Crippen molar-refractivity contribution in [3.8, 4) is 5.75 Å². The first-order chi connectivity index (χ1) is 7.47. The van der Waals surface area contributed by atoms with Crippen molar-refractivity contribution in [3.63, 3.8) is 0 Å². The number of esters is 1. The zero-order valence-corrected chi connectivity index (χ0v) is 9.79. The van der Waals surface area contributed by atoms with Gasteiger partial charge in [0.25, 0.3) is 6.43 Å². The van der Waals surface area contributed by atoms with Crippen molar-refractivity contribution < 1.29 is 23.4 Å². The van der Waals surface area contributed by atoms with Crippen LogP contribution in [0.4, 0.5) is 8.78 Å². The molecule has 7 heteroatoms. The van der Waals surface area contributed by atoms with Crippen molar-refractivity contribution in [1.82, 2.24) is 4.98 Å². The minimum absolute atomic E-state index is 0.0855. The Bertz CT molecular complexity index is 412. The van der Waals surface area contributed by atoms with E-state index in [1.807, 2.05) is 0 Å². The Balaban J connectivity index is 3.21. The summed E-state index contributed by atoms with van der Waals surface area (Å²) in [5, 5.41) is 9.45. The van der Waals surface area contributed by atoms with Gasteiger partial charge in [-0.15, -0.1) is 0 Å². The van der Waals surface area contributed by atoms with Crippen LogP contribution >= 0.6 is 15.9 Å². The number of carbonyl (C=O) groups is 1. The normalized spacial score (nSPS) is 10.6. The van der Waals surface area contributed by atoms with Crippen LogP contribution in [0.1, 0.15) is 29.4 Å². The van der Waals surface area contributed by atoms with Gasteiger partial charge < -0.3 is 9.84 Å². The number of pyridine rings is 1. The highest BCUT2D eigenvalue weighted by Gasteiger charge is 2.20. The zero-order valence-electron chi connectivity index (χ0n) is 8.21. The number of halogens is 3. The lowest BCUT2D eigenvalue weighted by Crippen LogP contribution is -2.07. The molecule has 0 aliphatic heterocycles. The van der Waals surface area contributed by atoms with E-state index >= 15 is 0 Å². The van der Waals surface area contributed by atoms with Crippen LogP contribution in [0, 0.1) is 0 Å². The van der Waals surface area contributed by atoms with Crippen molar-refractivity contribution in [3.05, 3.63) is 21.9 Å². The number of aromatic nitrogens is 1. The molecular formula is C9H8BrF2NO3. The van der Waals surface area contributed by atoms with Crippen LogP contribution in [-0.2, 0) is 4.74 Å². The summed E-state index contributed by atoms with van der Waals surface area (Å²) in [5.74, 6) is -1.38. The van der Waals surface area contributed by atoms with E-state index in [-0.39, 0.29) is 16.8 Å². The van der Waals surface area contributed by atoms with E-state index in [0.717, 1.165) is 6.07 Å². The van der Waals surface area contributed by atoms with E-state index in [1.165, 1.54) is 0 Å². The van der Waals surface area contributed by atoms with Crippen LogP contribution in [0.2, 0.25) is 0 Å². The van der Waals surface area contributed by atoms with Gasteiger partial charge in [0.1, 0.15) is 15.9 Å². The maximum atomic E-state index is 12.4. The molecule has 1 rings (SSSR count). The Labute approximate surface area is 98.4 Å². The third-order valence-electron chi connectivity index (χ3n) is 1.69. The summed E-state index contributed by atoms with van der Waals surface area (Å²) in [5.41, 5.74) is -0.938. The largest absolute Gasteiger partial charge is 0.504 e. The monoisotopic (exact) mass is 295 g/mol. The van der Waals surface area contributed by atoms with Gasteiger partial charge in [-0.3, -0.25) is 0 Å². The molecule has 0 radical (unpaired) electrons. The number of alkyl halides is 2. The zero-order chi connectivity index (χ0) is 12.3. The summed E-state index contributed by atoms with van der Waals surface area (Å²) >= 11 is 2.78. The molecular weight excluding hydrogens is 288 g/mol. The van der Waals surface area contributed by atoms with Crippen molar-refractivity contribution in [2.24, 2.45) is 0 Å². The molecule has 4 nitrogen and oxygen atoms in total. The molecule has 0 amide bonds. The quantitative estimate of drug-likeness (QED) is 0.688. The van der Waals surface area contributed by atoms with Crippen LogP contribution in [-0.4, -0.2) is 22.7 Å². The third kappa shape index (κ3) is 2.66. The van der Waals surface area contributed by atoms with Gasteiger partial charge in [0.05, 0.1) is 6.61 Å². The van der Waals surface area contributed by atoms with Crippen molar-refractivity contribution in [2.75, 3.05) is 6.61 Å². The predicted molar refractivity (Wildman–Crippen MR) is 54.5 cm³/mol. The van der Waals surface area contributed by atoms with E-state index < -0.39 is 23.8 Å². The minimum atomic E-state index is -2.83. The second-order valence-electron chi connectivity index (χ2n) is 2.76. The number of hydrogen-bond acceptors (Lipinski definition) is 4. The lowest BCUT2D eigenvalue weighted by Gasteiger charge is -2.07. The van der Waals surface area contributed by atoms with Crippen LogP contribution in [0.3, 0.4) is 0 Å². The van der Waals surface area contributed by atoms with Crippen molar-refractivity contribution >= 4 is 21.9 Å². The van der Waals surface area contributed by atoms with Gasteiger partial charge in [-0.2, -0.15) is 0 Å². The van der Waals surface area contributed by atoms with Crippen LogP contribution in [0.5, 0.6) is 5.75 Å². The highest BCUT2D eigenvalue weighted by atomic mass is 79.9. The van der Waals surface area contributed by atoms with Gasteiger partial charge in [-0.25, -0.2) is 18.6 Å². The lowest BCUT2D eigenvalue weighted by atomic mass is 10.2. The fraction of sp³-hybridized carbons (Fsp3) is 0.333. The summed E-state index contributed by atoms with van der Waals surface area (Å²) in [6.45, 7) is 1.65. The Kier molecular flexibility index (Phi) is 4.17. The molecule has 0 bridgehead atoms. The van der Waals surface area contributed by atoms with E-state index in [4.69, 9.17) is 0 Å². The molecule has 1 N–H and O–H groups in total. The molecule has 0 saturated heterocycles. The van der Waals surface area contributed by atoms with E-state index in [1.54, 1.807) is 6.92 Å². The first kappa shape index (κ1) is 12.8.